The van der Waals surface area contributed by atoms with Gasteiger partial charge >= 0.3 is 0 Å². The van der Waals surface area contributed by atoms with Gasteiger partial charge < -0.3 is 15.5 Å². The van der Waals surface area contributed by atoms with E-state index < -0.39 is 0 Å². The number of likely N-dealkylation sites (tertiary alicyclic amines) is 1. The molecule has 106 valence electrons. The molecule has 0 spiro atoms. The summed E-state index contributed by atoms with van der Waals surface area (Å²) in [5.41, 5.74) is 5.89. The molecule has 2 aliphatic rings. The molecule has 2 N–H and O–H groups in total. The van der Waals surface area contributed by atoms with Gasteiger partial charge in [0.1, 0.15) is 0 Å². The van der Waals surface area contributed by atoms with E-state index in [4.69, 9.17) is 5.73 Å². The number of rotatable bonds is 5. The second kappa shape index (κ2) is 6.88. The van der Waals surface area contributed by atoms with Crippen molar-refractivity contribution in [1.29, 1.82) is 0 Å². The first-order chi connectivity index (χ1) is 8.72. The Morgan fingerprint density at radius 3 is 2.72 bits per heavy atom. The summed E-state index contributed by atoms with van der Waals surface area (Å²) >= 11 is 0. The van der Waals surface area contributed by atoms with Crippen molar-refractivity contribution in [1.82, 2.24) is 9.80 Å². The van der Waals surface area contributed by atoms with E-state index in [1.807, 2.05) is 0 Å². The van der Waals surface area contributed by atoms with Crippen molar-refractivity contribution in [3.05, 3.63) is 0 Å². The van der Waals surface area contributed by atoms with Crippen molar-refractivity contribution >= 4 is 0 Å². The lowest BCUT2D eigenvalue weighted by atomic mass is 9.98. The smallest absolute Gasteiger partial charge is 0.0132 e. The summed E-state index contributed by atoms with van der Waals surface area (Å²) in [5, 5.41) is 0. The van der Waals surface area contributed by atoms with Gasteiger partial charge in [0, 0.05) is 12.1 Å². The first-order valence-electron chi connectivity index (χ1n) is 7.83. The van der Waals surface area contributed by atoms with Crippen LogP contribution in [0, 0.1) is 5.92 Å². The molecule has 1 aliphatic carbocycles. The largest absolute Gasteiger partial charge is 0.330 e. The highest BCUT2D eigenvalue weighted by molar-refractivity contribution is 4.85. The molecule has 3 heteroatoms. The van der Waals surface area contributed by atoms with Gasteiger partial charge in [-0.05, 0) is 71.8 Å². The topological polar surface area (TPSA) is 32.5 Å². The maximum Gasteiger partial charge on any atom is 0.0132 e. The van der Waals surface area contributed by atoms with Crippen molar-refractivity contribution in [2.24, 2.45) is 11.7 Å². The van der Waals surface area contributed by atoms with E-state index in [0.29, 0.717) is 0 Å². The fourth-order valence-corrected chi connectivity index (χ4v) is 3.90. The molecule has 3 nitrogen and oxygen atoms in total. The van der Waals surface area contributed by atoms with Crippen LogP contribution in [-0.4, -0.2) is 55.6 Å². The predicted octanol–water partition coefficient (Wildman–Crippen LogP) is 1.92. The number of nitrogens with zero attached hydrogens (tertiary/aromatic N) is 2. The van der Waals surface area contributed by atoms with Gasteiger partial charge in [-0.1, -0.05) is 12.8 Å². The van der Waals surface area contributed by atoms with Crippen LogP contribution in [0.1, 0.15) is 44.9 Å². The van der Waals surface area contributed by atoms with Gasteiger partial charge in [-0.2, -0.15) is 0 Å². The zero-order valence-electron chi connectivity index (χ0n) is 12.3. The van der Waals surface area contributed by atoms with Crippen molar-refractivity contribution in [3.8, 4) is 0 Å². The van der Waals surface area contributed by atoms with Crippen LogP contribution in [0.4, 0.5) is 0 Å². The first-order valence-corrected chi connectivity index (χ1v) is 7.83. The third-order valence-electron chi connectivity index (χ3n) is 5.22. The van der Waals surface area contributed by atoms with Gasteiger partial charge in [-0.3, -0.25) is 0 Å². The highest BCUT2D eigenvalue weighted by Crippen LogP contribution is 2.29. The van der Waals surface area contributed by atoms with Crippen LogP contribution in [0.5, 0.6) is 0 Å². The Bertz CT molecular complexity index is 244. The third kappa shape index (κ3) is 3.46. The van der Waals surface area contributed by atoms with E-state index in [-0.39, 0.29) is 0 Å². The highest BCUT2D eigenvalue weighted by Gasteiger charge is 2.29. The minimum absolute atomic E-state index is 0.749. The van der Waals surface area contributed by atoms with Crippen LogP contribution in [0.2, 0.25) is 0 Å². The molecule has 18 heavy (non-hydrogen) atoms. The van der Waals surface area contributed by atoms with E-state index in [1.165, 1.54) is 58.0 Å². The molecular formula is C15H31N3. The van der Waals surface area contributed by atoms with Gasteiger partial charge in [-0.25, -0.2) is 0 Å². The van der Waals surface area contributed by atoms with E-state index in [9.17, 15) is 0 Å². The Kier molecular flexibility index (Phi) is 5.46. The summed E-state index contributed by atoms with van der Waals surface area (Å²) in [7, 11) is 4.60. The molecule has 1 saturated carbocycles. The minimum Gasteiger partial charge on any atom is -0.330 e. The van der Waals surface area contributed by atoms with Gasteiger partial charge in [0.15, 0.2) is 0 Å². The van der Waals surface area contributed by atoms with Crippen LogP contribution in [0.25, 0.3) is 0 Å². The third-order valence-corrected chi connectivity index (χ3v) is 5.22. The Balaban J connectivity index is 1.75. The first kappa shape index (κ1) is 14.3. The minimum atomic E-state index is 0.749. The second-order valence-electron chi connectivity index (χ2n) is 6.39. The Hall–Kier alpha value is -0.120. The number of hydrogen-bond donors (Lipinski definition) is 1. The molecule has 1 saturated heterocycles. The fraction of sp³-hybridized carbons (Fsp3) is 1.00. The zero-order chi connectivity index (χ0) is 13.0. The molecular weight excluding hydrogens is 222 g/mol. The molecule has 0 aromatic rings. The van der Waals surface area contributed by atoms with Crippen molar-refractivity contribution in [3.63, 3.8) is 0 Å². The summed E-state index contributed by atoms with van der Waals surface area (Å²) in [5.74, 6) is 0.749. The summed E-state index contributed by atoms with van der Waals surface area (Å²) in [6.45, 7) is 3.41. The van der Waals surface area contributed by atoms with E-state index in [0.717, 1.165) is 24.5 Å². The van der Waals surface area contributed by atoms with Gasteiger partial charge in [0.2, 0.25) is 0 Å². The molecule has 2 rings (SSSR count). The van der Waals surface area contributed by atoms with Crippen molar-refractivity contribution in [2.75, 3.05) is 33.7 Å². The van der Waals surface area contributed by atoms with Crippen molar-refractivity contribution < 1.29 is 0 Å². The van der Waals surface area contributed by atoms with E-state index >= 15 is 0 Å². The van der Waals surface area contributed by atoms with Crippen LogP contribution in [0.15, 0.2) is 0 Å². The highest BCUT2D eigenvalue weighted by atomic mass is 15.2. The van der Waals surface area contributed by atoms with Crippen molar-refractivity contribution in [2.45, 2.75) is 57.0 Å². The van der Waals surface area contributed by atoms with Crippen LogP contribution >= 0.6 is 0 Å². The quantitative estimate of drug-likeness (QED) is 0.812. The zero-order valence-corrected chi connectivity index (χ0v) is 12.3. The molecule has 0 bridgehead atoms. The summed E-state index contributed by atoms with van der Waals surface area (Å²) in [4.78, 5) is 5.15. The molecule has 0 radical (unpaired) electrons. The average molecular weight is 253 g/mol. The maximum atomic E-state index is 5.89. The fourth-order valence-electron chi connectivity index (χ4n) is 3.90. The van der Waals surface area contributed by atoms with Crippen LogP contribution < -0.4 is 5.73 Å². The molecule has 3 unspecified atom stereocenters. The molecule has 3 atom stereocenters. The van der Waals surface area contributed by atoms with Crippen LogP contribution in [0.3, 0.4) is 0 Å². The predicted molar refractivity (Wildman–Crippen MR) is 77.7 cm³/mol. The number of piperidine rings is 1. The van der Waals surface area contributed by atoms with E-state index in [1.54, 1.807) is 0 Å². The maximum absolute atomic E-state index is 5.89. The monoisotopic (exact) mass is 253 g/mol. The Morgan fingerprint density at radius 2 is 2.00 bits per heavy atom. The van der Waals surface area contributed by atoms with Gasteiger partial charge in [0.05, 0.1) is 0 Å². The van der Waals surface area contributed by atoms with Gasteiger partial charge in [0.25, 0.3) is 0 Å². The molecule has 2 fully saturated rings. The molecule has 0 aromatic carbocycles. The lowest BCUT2D eigenvalue weighted by Gasteiger charge is -2.35. The summed E-state index contributed by atoms with van der Waals surface area (Å²) in [6, 6.07) is 1.57. The molecule has 1 aliphatic heterocycles. The SMILES string of the molecule is CN1CCCCC1CCN(C)C1CCCC1CN. The van der Waals surface area contributed by atoms with Gasteiger partial charge in [-0.15, -0.1) is 0 Å². The Labute approximate surface area is 113 Å². The van der Waals surface area contributed by atoms with E-state index in [2.05, 4.69) is 23.9 Å². The Morgan fingerprint density at radius 1 is 1.17 bits per heavy atom. The average Bonchev–Trinajstić information content (AvgIpc) is 2.86. The number of nitrogens with two attached hydrogens (primary N) is 1. The molecule has 0 aromatic heterocycles. The lowest BCUT2D eigenvalue weighted by Crippen LogP contribution is -2.42. The number of hydrogen-bond acceptors (Lipinski definition) is 3. The summed E-state index contributed by atoms with van der Waals surface area (Å²) < 4.78 is 0. The molecule has 0 amide bonds. The molecule has 1 heterocycles. The summed E-state index contributed by atoms with van der Waals surface area (Å²) in [6.07, 6.45) is 9.62. The second-order valence-corrected chi connectivity index (χ2v) is 6.39. The lowest BCUT2D eigenvalue weighted by molar-refractivity contribution is 0.138. The standard InChI is InChI=1S/C15H31N3/c1-17-10-4-3-7-14(17)9-11-18(2)15-8-5-6-13(15)12-16/h13-15H,3-12,16H2,1-2H3. The van der Waals surface area contributed by atoms with Crippen LogP contribution in [-0.2, 0) is 0 Å². The normalized spacial score (nSPS) is 34.3.